The Labute approximate surface area is 113 Å². The highest BCUT2D eigenvalue weighted by molar-refractivity contribution is 7.10. The third kappa shape index (κ3) is 2.48. The Morgan fingerprint density at radius 1 is 1.72 bits per heavy atom. The van der Waals surface area contributed by atoms with Crippen LogP contribution < -0.4 is 5.32 Å². The van der Waals surface area contributed by atoms with E-state index >= 15 is 0 Å². The molecule has 2 heterocycles. The van der Waals surface area contributed by atoms with E-state index in [4.69, 9.17) is 21.3 Å². The van der Waals surface area contributed by atoms with Crippen LogP contribution in [-0.4, -0.2) is 16.0 Å². The summed E-state index contributed by atoms with van der Waals surface area (Å²) in [5.41, 5.74) is -0.885. The first-order chi connectivity index (χ1) is 8.54. The van der Waals surface area contributed by atoms with E-state index in [0.717, 1.165) is 11.5 Å². The molecule has 0 amide bonds. The van der Waals surface area contributed by atoms with Crippen molar-refractivity contribution in [2.24, 2.45) is 0 Å². The van der Waals surface area contributed by atoms with E-state index in [2.05, 4.69) is 9.69 Å². The van der Waals surface area contributed by atoms with Gasteiger partial charge in [-0.05, 0) is 30.6 Å². The molecule has 0 saturated heterocycles. The minimum absolute atomic E-state index is 0.169. The SMILES string of the molecule is CC(O)(CNc1snc(Cl)c1C#N)c1ccco1. The fourth-order valence-electron chi connectivity index (χ4n) is 1.41. The number of nitrogens with zero attached hydrogens (tertiary/aromatic N) is 2. The molecule has 2 rings (SSSR count). The zero-order valence-corrected chi connectivity index (χ0v) is 11.0. The molecule has 0 saturated carbocycles. The summed E-state index contributed by atoms with van der Waals surface area (Å²) in [6.45, 7) is 1.81. The number of hydrogen-bond donors (Lipinski definition) is 2. The van der Waals surface area contributed by atoms with Gasteiger partial charge < -0.3 is 14.8 Å². The molecule has 18 heavy (non-hydrogen) atoms. The summed E-state index contributed by atoms with van der Waals surface area (Å²) in [6, 6.07) is 5.35. The molecule has 1 unspecified atom stereocenters. The zero-order chi connectivity index (χ0) is 13.2. The van der Waals surface area contributed by atoms with Gasteiger partial charge >= 0.3 is 0 Å². The molecule has 0 bridgehead atoms. The summed E-state index contributed by atoms with van der Waals surface area (Å²) in [4.78, 5) is 0. The highest BCUT2D eigenvalue weighted by Gasteiger charge is 2.26. The molecule has 7 heteroatoms. The molecule has 0 aliphatic heterocycles. The van der Waals surface area contributed by atoms with Gasteiger partial charge in [-0.1, -0.05) is 11.6 Å². The molecule has 0 aliphatic rings. The molecular weight excluding hydrogens is 274 g/mol. The molecule has 2 N–H and O–H groups in total. The summed E-state index contributed by atoms with van der Waals surface area (Å²) >= 11 is 6.83. The van der Waals surface area contributed by atoms with E-state index in [9.17, 15) is 5.11 Å². The Hall–Kier alpha value is -1.55. The van der Waals surface area contributed by atoms with Crippen molar-refractivity contribution in [2.45, 2.75) is 12.5 Å². The molecular formula is C11H10ClN3O2S. The van der Waals surface area contributed by atoms with Crippen LogP contribution in [0.4, 0.5) is 5.00 Å². The molecule has 0 aliphatic carbocycles. The predicted octanol–water partition coefficient (Wildman–Crippen LogP) is 2.58. The Morgan fingerprint density at radius 3 is 3.11 bits per heavy atom. The molecule has 2 aromatic heterocycles. The third-order valence-electron chi connectivity index (χ3n) is 2.41. The number of nitrogens with one attached hydrogen (secondary N) is 1. The summed E-state index contributed by atoms with van der Waals surface area (Å²) in [7, 11) is 0. The van der Waals surface area contributed by atoms with E-state index in [0.29, 0.717) is 10.8 Å². The van der Waals surface area contributed by atoms with Crippen LogP contribution >= 0.6 is 23.1 Å². The summed E-state index contributed by atoms with van der Waals surface area (Å²) in [5, 5.41) is 22.8. The van der Waals surface area contributed by atoms with E-state index < -0.39 is 5.60 Å². The van der Waals surface area contributed by atoms with Crippen molar-refractivity contribution >= 4 is 28.1 Å². The lowest BCUT2D eigenvalue weighted by Crippen LogP contribution is -2.30. The van der Waals surface area contributed by atoms with Crippen LogP contribution in [0.15, 0.2) is 22.8 Å². The number of hydrogen-bond acceptors (Lipinski definition) is 6. The number of aliphatic hydroxyl groups is 1. The summed E-state index contributed by atoms with van der Waals surface area (Å²) in [6.07, 6.45) is 1.49. The smallest absolute Gasteiger partial charge is 0.162 e. The number of rotatable bonds is 4. The number of anilines is 1. The van der Waals surface area contributed by atoms with Crippen LogP contribution in [0, 0.1) is 11.3 Å². The van der Waals surface area contributed by atoms with Crippen molar-refractivity contribution in [1.29, 1.82) is 5.26 Å². The number of halogens is 1. The Bertz CT molecular complexity index is 572. The lowest BCUT2D eigenvalue weighted by atomic mass is 10.0. The van der Waals surface area contributed by atoms with Crippen LogP contribution in [0.1, 0.15) is 18.2 Å². The lowest BCUT2D eigenvalue weighted by Gasteiger charge is -2.21. The maximum atomic E-state index is 10.2. The molecule has 5 nitrogen and oxygen atoms in total. The van der Waals surface area contributed by atoms with Gasteiger partial charge in [-0.2, -0.15) is 9.64 Å². The minimum Gasteiger partial charge on any atom is -0.466 e. The van der Waals surface area contributed by atoms with Gasteiger partial charge in [0.15, 0.2) is 5.15 Å². The van der Waals surface area contributed by atoms with Crippen LogP contribution in [-0.2, 0) is 5.60 Å². The molecule has 0 radical (unpaired) electrons. The first kappa shape index (κ1) is 12.9. The van der Waals surface area contributed by atoms with Gasteiger partial charge in [-0.3, -0.25) is 0 Å². The van der Waals surface area contributed by atoms with Crippen molar-refractivity contribution in [2.75, 3.05) is 11.9 Å². The average Bonchev–Trinajstić information content (AvgIpc) is 2.95. The van der Waals surface area contributed by atoms with Gasteiger partial charge in [-0.15, -0.1) is 0 Å². The maximum absolute atomic E-state index is 10.2. The van der Waals surface area contributed by atoms with Crippen LogP contribution in [0.3, 0.4) is 0 Å². The van der Waals surface area contributed by atoms with Gasteiger partial charge in [0.2, 0.25) is 0 Å². The molecule has 94 valence electrons. The fraction of sp³-hybridized carbons (Fsp3) is 0.273. The quantitative estimate of drug-likeness (QED) is 0.901. The largest absolute Gasteiger partial charge is 0.466 e. The predicted molar refractivity (Wildman–Crippen MR) is 68.6 cm³/mol. The van der Waals surface area contributed by atoms with Crippen LogP contribution in [0.2, 0.25) is 5.15 Å². The highest BCUT2D eigenvalue weighted by atomic mass is 35.5. The molecule has 2 aromatic rings. The molecule has 1 atom stereocenters. The second kappa shape index (κ2) is 4.98. The van der Waals surface area contributed by atoms with Crippen molar-refractivity contribution in [3.05, 3.63) is 34.9 Å². The van der Waals surface area contributed by atoms with Crippen LogP contribution in [0.5, 0.6) is 0 Å². The van der Waals surface area contributed by atoms with Crippen LogP contribution in [0.25, 0.3) is 0 Å². The van der Waals surface area contributed by atoms with Crippen molar-refractivity contribution in [3.8, 4) is 6.07 Å². The Balaban J connectivity index is 2.10. The van der Waals surface area contributed by atoms with Gasteiger partial charge in [0.25, 0.3) is 0 Å². The zero-order valence-electron chi connectivity index (χ0n) is 9.48. The van der Waals surface area contributed by atoms with Crippen molar-refractivity contribution < 1.29 is 9.52 Å². The fourth-order valence-corrected chi connectivity index (χ4v) is 2.34. The number of nitriles is 1. The van der Waals surface area contributed by atoms with E-state index in [1.165, 1.54) is 6.26 Å². The third-order valence-corrected chi connectivity index (χ3v) is 3.59. The standard InChI is InChI=1S/C11H10ClN3O2S/c1-11(16,8-3-2-4-17-8)6-14-10-7(5-13)9(12)15-18-10/h2-4,14,16H,6H2,1H3. The Kier molecular flexibility index (Phi) is 3.57. The van der Waals surface area contributed by atoms with E-state index in [-0.39, 0.29) is 17.3 Å². The first-order valence-corrected chi connectivity index (χ1v) is 6.25. The highest BCUT2D eigenvalue weighted by Crippen LogP contribution is 2.29. The van der Waals surface area contributed by atoms with Crippen molar-refractivity contribution in [3.63, 3.8) is 0 Å². The van der Waals surface area contributed by atoms with Gasteiger partial charge in [0.1, 0.15) is 28.0 Å². The van der Waals surface area contributed by atoms with Gasteiger partial charge in [0.05, 0.1) is 12.8 Å². The monoisotopic (exact) mass is 283 g/mol. The van der Waals surface area contributed by atoms with Gasteiger partial charge in [-0.25, -0.2) is 0 Å². The topological polar surface area (TPSA) is 82.1 Å². The molecule has 0 fully saturated rings. The molecule has 0 spiro atoms. The van der Waals surface area contributed by atoms with E-state index in [1.54, 1.807) is 19.1 Å². The van der Waals surface area contributed by atoms with Gasteiger partial charge in [0, 0.05) is 0 Å². The number of aromatic nitrogens is 1. The second-order valence-electron chi connectivity index (χ2n) is 3.89. The lowest BCUT2D eigenvalue weighted by molar-refractivity contribution is 0.0477. The normalized spacial score (nSPS) is 13.9. The Morgan fingerprint density at radius 2 is 2.50 bits per heavy atom. The summed E-state index contributed by atoms with van der Waals surface area (Å²) in [5.74, 6) is 0.448. The second-order valence-corrected chi connectivity index (χ2v) is 5.03. The minimum atomic E-state index is -1.17. The first-order valence-electron chi connectivity index (χ1n) is 5.10. The summed E-state index contributed by atoms with van der Waals surface area (Å²) < 4.78 is 9.02. The average molecular weight is 284 g/mol. The number of furan rings is 1. The molecule has 0 aromatic carbocycles. The van der Waals surface area contributed by atoms with Crippen molar-refractivity contribution in [1.82, 2.24) is 4.37 Å². The van der Waals surface area contributed by atoms with E-state index in [1.807, 2.05) is 6.07 Å². The maximum Gasteiger partial charge on any atom is 0.162 e.